The zero-order valence-corrected chi connectivity index (χ0v) is 13.7. The van der Waals surface area contributed by atoms with E-state index in [0.717, 1.165) is 5.56 Å². The van der Waals surface area contributed by atoms with Crippen molar-refractivity contribution in [2.75, 3.05) is 10.2 Å². The van der Waals surface area contributed by atoms with Crippen LogP contribution in [-0.4, -0.2) is 23.8 Å². The first-order chi connectivity index (χ1) is 11.9. The van der Waals surface area contributed by atoms with Crippen LogP contribution in [0.4, 0.5) is 11.4 Å². The molecule has 2 aromatic rings. The van der Waals surface area contributed by atoms with Gasteiger partial charge in [-0.2, -0.15) is 0 Å². The quantitative estimate of drug-likeness (QED) is 0.823. The van der Waals surface area contributed by atoms with Crippen molar-refractivity contribution in [1.29, 1.82) is 0 Å². The van der Waals surface area contributed by atoms with Gasteiger partial charge < -0.3 is 15.2 Å². The van der Waals surface area contributed by atoms with Crippen LogP contribution in [0.15, 0.2) is 48.5 Å². The van der Waals surface area contributed by atoms with Crippen LogP contribution in [0.2, 0.25) is 0 Å². The largest absolute Gasteiger partial charge is 0.550 e. The molecule has 0 aliphatic carbocycles. The topological polar surface area (TPSA) is 89.5 Å². The Bertz CT molecular complexity index is 812. The SMILES string of the molecule is Cc1ccc(N2C(=O)C[C@@H](Nc3ccc(CC(=O)[O-])cc3)C2=O)cc1. The van der Waals surface area contributed by atoms with Crippen molar-refractivity contribution < 1.29 is 19.5 Å². The van der Waals surface area contributed by atoms with Crippen LogP contribution in [0.5, 0.6) is 0 Å². The first kappa shape index (κ1) is 16.7. The molecule has 1 heterocycles. The summed E-state index contributed by atoms with van der Waals surface area (Å²) in [5.41, 5.74) is 2.88. The van der Waals surface area contributed by atoms with Gasteiger partial charge in [0.15, 0.2) is 0 Å². The molecule has 1 aliphatic rings. The van der Waals surface area contributed by atoms with E-state index >= 15 is 0 Å². The lowest BCUT2D eigenvalue weighted by Gasteiger charge is -2.16. The maximum absolute atomic E-state index is 12.6. The van der Waals surface area contributed by atoms with Crippen molar-refractivity contribution in [3.8, 4) is 0 Å². The second kappa shape index (κ2) is 6.76. The molecule has 0 saturated carbocycles. The van der Waals surface area contributed by atoms with E-state index < -0.39 is 12.0 Å². The molecule has 1 aliphatic heterocycles. The van der Waals surface area contributed by atoms with Crippen LogP contribution in [0, 0.1) is 6.92 Å². The molecule has 0 aromatic heterocycles. The van der Waals surface area contributed by atoms with Gasteiger partial charge in [0.1, 0.15) is 6.04 Å². The lowest BCUT2D eigenvalue weighted by Crippen LogP contribution is -2.34. The van der Waals surface area contributed by atoms with E-state index in [1.165, 1.54) is 4.90 Å². The molecule has 1 saturated heterocycles. The summed E-state index contributed by atoms with van der Waals surface area (Å²) in [5.74, 6) is -1.70. The van der Waals surface area contributed by atoms with E-state index in [1.807, 2.05) is 19.1 Å². The van der Waals surface area contributed by atoms with Crippen LogP contribution in [0.25, 0.3) is 0 Å². The number of hydrogen-bond donors (Lipinski definition) is 1. The molecule has 1 fully saturated rings. The second-order valence-corrected chi connectivity index (χ2v) is 6.05. The van der Waals surface area contributed by atoms with Gasteiger partial charge >= 0.3 is 0 Å². The molecular weight excluding hydrogens is 320 g/mol. The Morgan fingerprint density at radius 1 is 1.12 bits per heavy atom. The number of aryl methyl sites for hydroxylation is 1. The van der Waals surface area contributed by atoms with Crippen molar-refractivity contribution in [3.63, 3.8) is 0 Å². The minimum Gasteiger partial charge on any atom is -0.550 e. The number of carbonyl (C=O) groups excluding carboxylic acids is 3. The average molecular weight is 337 g/mol. The van der Waals surface area contributed by atoms with Crippen molar-refractivity contribution >= 4 is 29.2 Å². The fourth-order valence-corrected chi connectivity index (χ4v) is 2.80. The fraction of sp³-hybridized carbons (Fsp3) is 0.211. The maximum Gasteiger partial charge on any atom is 0.256 e. The number of carbonyl (C=O) groups is 3. The summed E-state index contributed by atoms with van der Waals surface area (Å²) in [5, 5.41) is 13.6. The van der Waals surface area contributed by atoms with Gasteiger partial charge in [-0.25, -0.2) is 4.90 Å². The summed E-state index contributed by atoms with van der Waals surface area (Å²) >= 11 is 0. The summed E-state index contributed by atoms with van der Waals surface area (Å²) < 4.78 is 0. The molecule has 3 rings (SSSR count). The highest BCUT2D eigenvalue weighted by atomic mass is 16.4. The van der Waals surface area contributed by atoms with E-state index in [0.29, 0.717) is 16.9 Å². The fourth-order valence-electron chi connectivity index (χ4n) is 2.80. The zero-order chi connectivity index (χ0) is 18.0. The van der Waals surface area contributed by atoms with Crippen LogP contribution in [-0.2, 0) is 20.8 Å². The Labute approximate surface area is 145 Å². The molecule has 0 spiro atoms. The molecule has 6 nitrogen and oxygen atoms in total. The van der Waals surface area contributed by atoms with Gasteiger partial charge in [-0.15, -0.1) is 0 Å². The smallest absolute Gasteiger partial charge is 0.256 e. The summed E-state index contributed by atoms with van der Waals surface area (Å²) in [6, 6.07) is 13.2. The van der Waals surface area contributed by atoms with Crippen LogP contribution < -0.4 is 15.3 Å². The van der Waals surface area contributed by atoms with Crippen LogP contribution in [0.1, 0.15) is 17.5 Å². The van der Waals surface area contributed by atoms with Gasteiger partial charge in [-0.3, -0.25) is 9.59 Å². The Kier molecular flexibility index (Phi) is 4.52. The van der Waals surface area contributed by atoms with E-state index in [-0.39, 0.29) is 24.7 Å². The standard InChI is InChI=1S/C19H18N2O4/c1-12-2-8-15(9-3-12)21-17(22)11-16(19(21)25)20-14-6-4-13(5-7-14)10-18(23)24/h2-9,16,20H,10-11H2,1H3,(H,23,24)/p-1/t16-/m1/s1. The average Bonchev–Trinajstić information content (AvgIpc) is 2.84. The van der Waals surface area contributed by atoms with Crippen LogP contribution in [0.3, 0.4) is 0 Å². The van der Waals surface area contributed by atoms with Gasteiger partial charge in [-0.1, -0.05) is 29.8 Å². The van der Waals surface area contributed by atoms with Gasteiger partial charge in [0.2, 0.25) is 5.91 Å². The first-order valence-corrected chi connectivity index (χ1v) is 7.93. The number of nitrogens with one attached hydrogen (secondary N) is 1. The number of carboxylic acids is 1. The molecule has 128 valence electrons. The predicted octanol–water partition coefficient (Wildman–Crippen LogP) is 1.03. The van der Waals surface area contributed by atoms with E-state index in [1.54, 1.807) is 36.4 Å². The minimum absolute atomic E-state index is 0.0769. The Hall–Kier alpha value is -3.15. The Morgan fingerprint density at radius 2 is 1.76 bits per heavy atom. The third kappa shape index (κ3) is 3.68. The molecule has 0 unspecified atom stereocenters. The first-order valence-electron chi connectivity index (χ1n) is 7.93. The third-order valence-electron chi connectivity index (χ3n) is 4.08. The molecule has 0 radical (unpaired) electrons. The van der Waals surface area contributed by atoms with Gasteiger partial charge in [0.05, 0.1) is 12.1 Å². The number of hydrogen-bond acceptors (Lipinski definition) is 5. The highest BCUT2D eigenvalue weighted by Gasteiger charge is 2.39. The number of carboxylic acid groups (broad SMARTS) is 1. The highest BCUT2D eigenvalue weighted by Crippen LogP contribution is 2.25. The van der Waals surface area contributed by atoms with E-state index in [4.69, 9.17) is 0 Å². The summed E-state index contributed by atoms with van der Waals surface area (Å²) in [7, 11) is 0. The normalized spacial score (nSPS) is 17.0. The molecule has 6 heteroatoms. The van der Waals surface area contributed by atoms with Crippen molar-refractivity contribution in [1.82, 2.24) is 0 Å². The molecule has 1 N–H and O–H groups in total. The molecule has 2 aromatic carbocycles. The predicted molar refractivity (Wildman–Crippen MR) is 90.9 cm³/mol. The Balaban J connectivity index is 1.71. The lowest BCUT2D eigenvalue weighted by molar-refractivity contribution is -0.304. The molecular formula is C19H17N2O4-. The Morgan fingerprint density at radius 3 is 2.36 bits per heavy atom. The van der Waals surface area contributed by atoms with E-state index in [9.17, 15) is 19.5 Å². The van der Waals surface area contributed by atoms with Crippen molar-refractivity contribution in [2.45, 2.75) is 25.8 Å². The highest BCUT2D eigenvalue weighted by molar-refractivity contribution is 6.23. The molecule has 2 amide bonds. The monoisotopic (exact) mass is 337 g/mol. The number of rotatable bonds is 5. The van der Waals surface area contributed by atoms with Gasteiger partial charge in [-0.05, 0) is 36.8 Å². The molecule has 25 heavy (non-hydrogen) atoms. The van der Waals surface area contributed by atoms with Crippen molar-refractivity contribution in [2.24, 2.45) is 0 Å². The summed E-state index contributed by atoms with van der Waals surface area (Å²) in [6.45, 7) is 1.94. The minimum atomic E-state index is -1.15. The number of imide groups is 1. The lowest BCUT2D eigenvalue weighted by atomic mass is 10.1. The van der Waals surface area contributed by atoms with Gasteiger partial charge in [0, 0.05) is 18.1 Å². The number of amides is 2. The van der Waals surface area contributed by atoms with Gasteiger partial charge in [0.25, 0.3) is 5.91 Å². The number of benzene rings is 2. The maximum atomic E-state index is 12.6. The zero-order valence-electron chi connectivity index (χ0n) is 13.7. The number of nitrogens with zero attached hydrogens (tertiary/aromatic N) is 1. The summed E-state index contributed by atoms with van der Waals surface area (Å²) in [6.07, 6.45) is -0.0875. The third-order valence-corrected chi connectivity index (χ3v) is 4.08. The summed E-state index contributed by atoms with van der Waals surface area (Å²) in [4.78, 5) is 36.6. The number of aliphatic carboxylic acids is 1. The van der Waals surface area contributed by atoms with E-state index in [2.05, 4.69) is 5.32 Å². The molecule has 1 atom stereocenters. The molecule has 0 bridgehead atoms. The van der Waals surface area contributed by atoms with Crippen molar-refractivity contribution in [3.05, 3.63) is 59.7 Å². The second-order valence-electron chi connectivity index (χ2n) is 6.05. The van der Waals surface area contributed by atoms with Crippen LogP contribution >= 0.6 is 0 Å². The number of anilines is 2.